The van der Waals surface area contributed by atoms with E-state index < -0.39 is 0 Å². The lowest BCUT2D eigenvalue weighted by atomic mass is 9.87. The molecule has 0 spiro atoms. The molecule has 0 fully saturated rings. The summed E-state index contributed by atoms with van der Waals surface area (Å²) in [5.74, 6) is 0.679. The molecule has 2 heterocycles. The number of nitrogens with zero attached hydrogens (tertiary/aromatic N) is 3. The molecule has 0 radical (unpaired) electrons. The van der Waals surface area contributed by atoms with Crippen molar-refractivity contribution in [3.63, 3.8) is 0 Å². The summed E-state index contributed by atoms with van der Waals surface area (Å²) < 4.78 is 0. The van der Waals surface area contributed by atoms with Gasteiger partial charge >= 0.3 is 0 Å². The Morgan fingerprint density at radius 3 is 2.22 bits per heavy atom. The van der Waals surface area contributed by atoms with Crippen LogP contribution in [0.5, 0.6) is 0 Å². The van der Waals surface area contributed by atoms with Gasteiger partial charge in [0.05, 0.1) is 16.9 Å². The van der Waals surface area contributed by atoms with Crippen molar-refractivity contribution >= 4 is 49.8 Å². The first-order chi connectivity index (χ1) is 18.3. The second-order valence-electron chi connectivity index (χ2n) is 9.51. The summed E-state index contributed by atoms with van der Waals surface area (Å²) in [5.41, 5.74) is 7.96. The van der Waals surface area contributed by atoms with Gasteiger partial charge in [0, 0.05) is 22.5 Å². The maximum Gasteiger partial charge on any atom is 0.235 e. The molecule has 0 unspecified atom stereocenters. The van der Waals surface area contributed by atoms with Gasteiger partial charge < -0.3 is 0 Å². The third-order valence-electron chi connectivity index (χ3n) is 7.41. The lowest BCUT2D eigenvalue weighted by Gasteiger charge is -2.32. The van der Waals surface area contributed by atoms with Gasteiger partial charge in [-0.3, -0.25) is 4.90 Å². The summed E-state index contributed by atoms with van der Waals surface area (Å²) in [6.07, 6.45) is 1.92. The summed E-state index contributed by atoms with van der Waals surface area (Å²) in [6.45, 7) is 0. The van der Waals surface area contributed by atoms with Crippen molar-refractivity contribution in [2.45, 2.75) is 0 Å². The van der Waals surface area contributed by atoms with E-state index in [0.29, 0.717) is 5.95 Å². The molecule has 3 heteroatoms. The fraction of sp³-hybridized carbons (Fsp3) is 0. The fourth-order valence-corrected chi connectivity index (χ4v) is 5.71. The Balaban J connectivity index is 1.49. The average Bonchev–Trinajstić information content (AvgIpc) is 2.97. The molecule has 0 N–H and O–H groups in total. The second kappa shape index (κ2) is 7.74. The molecule has 6 aromatic carbocycles. The van der Waals surface area contributed by atoms with Crippen LogP contribution >= 0.6 is 0 Å². The molecule has 0 saturated heterocycles. The van der Waals surface area contributed by atoms with Crippen molar-refractivity contribution in [3.05, 3.63) is 128 Å². The van der Waals surface area contributed by atoms with Crippen LogP contribution in [0.2, 0.25) is 0 Å². The number of rotatable bonds is 2. The highest BCUT2D eigenvalue weighted by atomic mass is 15.3. The van der Waals surface area contributed by atoms with E-state index in [1.54, 1.807) is 0 Å². The van der Waals surface area contributed by atoms with E-state index in [4.69, 9.17) is 9.97 Å². The topological polar surface area (TPSA) is 29.0 Å². The van der Waals surface area contributed by atoms with Crippen molar-refractivity contribution < 1.29 is 0 Å². The van der Waals surface area contributed by atoms with Gasteiger partial charge in [0.2, 0.25) is 5.95 Å². The quantitative estimate of drug-likeness (QED) is 0.235. The van der Waals surface area contributed by atoms with Crippen LogP contribution in [-0.2, 0) is 0 Å². The highest BCUT2D eigenvalue weighted by molar-refractivity contribution is 6.22. The Morgan fingerprint density at radius 1 is 0.514 bits per heavy atom. The molecule has 0 atom stereocenters. The molecular formula is C34H21N3. The van der Waals surface area contributed by atoms with Crippen molar-refractivity contribution in [3.8, 4) is 22.3 Å². The van der Waals surface area contributed by atoms with Gasteiger partial charge in [-0.15, -0.1) is 0 Å². The first kappa shape index (κ1) is 20.2. The molecule has 3 nitrogen and oxygen atoms in total. The van der Waals surface area contributed by atoms with E-state index in [-0.39, 0.29) is 0 Å². The lowest BCUT2D eigenvalue weighted by molar-refractivity contribution is 1.11. The summed E-state index contributed by atoms with van der Waals surface area (Å²) in [5, 5.41) is 6.01. The SMILES string of the molecule is c1ccc(-c2ccc3c(c2)-c2cc4ccccc4c4cccc(c24)N3c2ncc3ccccc3n2)cc1. The van der Waals surface area contributed by atoms with Gasteiger partial charge in [0.25, 0.3) is 0 Å². The van der Waals surface area contributed by atoms with Gasteiger partial charge in [-0.05, 0) is 63.2 Å². The second-order valence-corrected chi connectivity index (χ2v) is 9.51. The Labute approximate surface area is 214 Å². The number of hydrogen-bond donors (Lipinski definition) is 0. The Bertz CT molecular complexity index is 1990. The number of hydrogen-bond acceptors (Lipinski definition) is 3. The maximum atomic E-state index is 5.02. The van der Waals surface area contributed by atoms with Crippen LogP contribution in [-0.4, -0.2) is 9.97 Å². The molecule has 1 aliphatic rings. The first-order valence-corrected chi connectivity index (χ1v) is 12.5. The standard InChI is InChI=1S/C34H21N3/c1-2-9-22(10-3-1)23-17-18-31-28(19-23)29-20-24-11-4-6-13-26(24)27-14-8-16-32(33(27)29)37(31)34-35-21-25-12-5-7-15-30(25)36-34/h1-21H. The molecule has 1 aliphatic heterocycles. The van der Waals surface area contributed by atoms with Gasteiger partial charge in [-0.2, -0.15) is 0 Å². The van der Waals surface area contributed by atoms with Crippen molar-refractivity contribution in [2.75, 3.05) is 4.90 Å². The van der Waals surface area contributed by atoms with Crippen LogP contribution in [0.3, 0.4) is 0 Å². The van der Waals surface area contributed by atoms with Gasteiger partial charge in [0.1, 0.15) is 0 Å². The number of para-hydroxylation sites is 1. The van der Waals surface area contributed by atoms with Gasteiger partial charge in [-0.1, -0.05) is 91.0 Å². The smallest absolute Gasteiger partial charge is 0.235 e. The maximum absolute atomic E-state index is 5.02. The molecule has 0 saturated carbocycles. The lowest BCUT2D eigenvalue weighted by Crippen LogP contribution is -2.17. The minimum atomic E-state index is 0.679. The van der Waals surface area contributed by atoms with Crippen LogP contribution < -0.4 is 4.90 Å². The first-order valence-electron chi connectivity index (χ1n) is 12.5. The van der Waals surface area contributed by atoms with E-state index in [9.17, 15) is 0 Å². The van der Waals surface area contributed by atoms with E-state index in [0.717, 1.165) is 22.3 Å². The summed E-state index contributed by atoms with van der Waals surface area (Å²) in [7, 11) is 0. The minimum Gasteiger partial charge on any atom is -0.278 e. The number of fused-ring (bicyclic) bond motifs is 5. The third kappa shape index (κ3) is 3.01. The monoisotopic (exact) mass is 471 g/mol. The minimum absolute atomic E-state index is 0.679. The van der Waals surface area contributed by atoms with Crippen LogP contribution in [0.25, 0.3) is 54.7 Å². The van der Waals surface area contributed by atoms with Gasteiger partial charge in [0.15, 0.2) is 0 Å². The summed E-state index contributed by atoms with van der Waals surface area (Å²) in [4.78, 5) is 12.1. The predicted octanol–water partition coefficient (Wildman–Crippen LogP) is 9.05. The largest absolute Gasteiger partial charge is 0.278 e. The molecule has 0 amide bonds. The molecule has 8 rings (SSSR count). The molecule has 37 heavy (non-hydrogen) atoms. The Kier molecular flexibility index (Phi) is 4.23. The highest BCUT2D eigenvalue weighted by Gasteiger charge is 2.28. The third-order valence-corrected chi connectivity index (χ3v) is 7.41. The zero-order chi connectivity index (χ0) is 24.3. The van der Waals surface area contributed by atoms with E-state index in [1.807, 2.05) is 24.4 Å². The number of benzene rings is 6. The van der Waals surface area contributed by atoms with Crippen LogP contribution in [0.15, 0.2) is 128 Å². The number of aromatic nitrogens is 2. The van der Waals surface area contributed by atoms with Crippen LogP contribution in [0.1, 0.15) is 0 Å². The van der Waals surface area contributed by atoms with E-state index in [2.05, 4.69) is 108 Å². The van der Waals surface area contributed by atoms with E-state index >= 15 is 0 Å². The predicted molar refractivity (Wildman–Crippen MR) is 154 cm³/mol. The molecule has 172 valence electrons. The zero-order valence-corrected chi connectivity index (χ0v) is 20.0. The van der Waals surface area contributed by atoms with Gasteiger partial charge in [-0.25, -0.2) is 9.97 Å². The summed E-state index contributed by atoms with van der Waals surface area (Å²) in [6, 6.07) is 43.0. The number of anilines is 3. The van der Waals surface area contributed by atoms with Crippen molar-refractivity contribution in [2.24, 2.45) is 0 Å². The van der Waals surface area contributed by atoms with Crippen molar-refractivity contribution in [1.29, 1.82) is 0 Å². The molecule has 7 aromatic rings. The average molecular weight is 472 g/mol. The van der Waals surface area contributed by atoms with E-state index in [1.165, 1.54) is 43.8 Å². The highest BCUT2D eigenvalue weighted by Crippen LogP contribution is 2.52. The van der Waals surface area contributed by atoms with Crippen LogP contribution in [0, 0.1) is 0 Å². The Hall–Kier alpha value is -5.02. The molecular weight excluding hydrogens is 450 g/mol. The normalized spacial score (nSPS) is 12.3. The molecule has 0 aliphatic carbocycles. The zero-order valence-electron chi connectivity index (χ0n) is 20.0. The summed E-state index contributed by atoms with van der Waals surface area (Å²) >= 11 is 0. The van der Waals surface area contributed by atoms with Crippen molar-refractivity contribution in [1.82, 2.24) is 9.97 Å². The van der Waals surface area contributed by atoms with Crippen LogP contribution in [0.4, 0.5) is 17.3 Å². The molecule has 0 bridgehead atoms. The molecule has 1 aromatic heterocycles. The Morgan fingerprint density at radius 2 is 1.30 bits per heavy atom. The fourth-order valence-electron chi connectivity index (χ4n) is 5.71.